The van der Waals surface area contributed by atoms with Crippen LogP contribution in [0.2, 0.25) is 5.02 Å². The molecule has 24 heavy (non-hydrogen) atoms. The minimum Gasteiger partial charge on any atom is -0.369 e. The fourth-order valence-electron chi connectivity index (χ4n) is 2.67. The van der Waals surface area contributed by atoms with E-state index < -0.39 is 5.54 Å². The second-order valence-corrected chi connectivity index (χ2v) is 7.20. The zero-order chi connectivity index (χ0) is 17.7. The lowest BCUT2D eigenvalue weighted by Gasteiger charge is -2.36. The fraction of sp³-hybridized carbons (Fsp3) is 0.556. The van der Waals surface area contributed by atoms with E-state index in [4.69, 9.17) is 11.6 Å². The average Bonchev–Trinajstić information content (AvgIpc) is 2.55. The second kappa shape index (κ2) is 7.87. The third-order valence-electron chi connectivity index (χ3n) is 4.70. The Bertz CT molecular complexity index is 620. The van der Waals surface area contributed by atoms with Gasteiger partial charge in [-0.1, -0.05) is 31.5 Å². The van der Waals surface area contributed by atoms with E-state index in [0.717, 1.165) is 36.9 Å². The van der Waals surface area contributed by atoms with E-state index in [9.17, 15) is 10.1 Å². The highest BCUT2D eigenvalue weighted by molar-refractivity contribution is 6.30. The molecule has 1 heterocycles. The van der Waals surface area contributed by atoms with Gasteiger partial charge in [-0.3, -0.25) is 9.69 Å². The lowest BCUT2D eigenvalue weighted by atomic mass is 9.90. The Morgan fingerprint density at radius 2 is 2.04 bits per heavy atom. The van der Waals surface area contributed by atoms with Crippen molar-refractivity contribution >= 4 is 23.2 Å². The number of piperazine rings is 1. The Morgan fingerprint density at radius 3 is 2.58 bits per heavy atom. The van der Waals surface area contributed by atoms with E-state index >= 15 is 0 Å². The highest BCUT2D eigenvalue weighted by atomic mass is 35.5. The molecule has 0 saturated carbocycles. The Kier molecular flexibility index (Phi) is 6.09. The number of halogens is 1. The van der Waals surface area contributed by atoms with Crippen LogP contribution in [-0.4, -0.2) is 49.1 Å². The monoisotopic (exact) mass is 348 g/mol. The van der Waals surface area contributed by atoms with Crippen molar-refractivity contribution in [3.8, 4) is 6.07 Å². The molecule has 0 aromatic heterocycles. The van der Waals surface area contributed by atoms with E-state index in [-0.39, 0.29) is 11.8 Å². The molecule has 130 valence electrons. The van der Waals surface area contributed by atoms with E-state index in [0.29, 0.717) is 6.54 Å². The van der Waals surface area contributed by atoms with Gasteiger partial charge in [0.25, 0.3) is 0 Å². The number of nitriles is 1. The minimum absolute atomic E-state index is 0.0612. The molecule has 0 unspecified atom stereocenters. The predicted octanol–water partition coefficient (Wildman–Crippen LogP) is 2.52. The van der Waals surface area contributed by atoms with Crippen LogP contribution in [0.25, 0.3) is 0 Å². The maximum absolute atomic E-state index is 12.3. The summed E-state index contributed by atoms with van der Waals surface area (Å²) >= 11 is 6.05. The molecule has 0 bridgehead atoms. The molecule has 1 atom stereocenters. The van der Waals surface area contributed by atoms with Crippen LogP contribution >= 0.6 is 11.6 Å². The molecule has 1 aromatic carbocycles. The highest BCUT2D eigenvalue weighted by Crippen LogP contribution is 2.21. The molecule has 1 saturated heterocycles. The van der Waals surface area contributed by atoms with Crippen molar-refractivity contribution < 1.29 is 4.79 Å². The predicted molar refractivity (Wildman–Crippen MR) is 97.1 cm³/mol. The maximum atomic E-state index is 12.3. The Balaban J connectivity index is 1.85. The summed E-state index contributed by atoms with van der Waals surface area (Å²) in [6.45, 7) is 9.30. The summed E-state index contributed by atoms with van der Waals surface area (Å²) in [7, 11) is 0. The lowest BCUT2D eigenvalue weighted by molar-refractivity contribution is -0.124. The summed E-state index contributed by atoms with van der Waals surface area (Å²) in [5, 5.41) is 12.9. The zero-order valence-electron chi connectivity index (χ0n) is 14.6. The van der Waals surface area contributed by atoms with E-state index in [1.165, 1.54) is 0 Å². The van der Waals surface area contributed by atoms with Gasteiger partial charge in [0, 0.05) is 36.9 Å². The molecule has 6 heteroatoms. The minimum atomic E-state index is -0.820. The van der Waals surface area contributed by atoms with Crippen LogP contribution in [0.5, 0.6) is 0 Å². The van der Waals surface area contributed by atoms with E-state index in [2.05, 4.69) is 27.3 Å². The van der Waals surface area contributed by atoms with Crippen molar-refractivity contribution in [1.29, 1.82) is 5.26 Å². The maximum Gasteiger partial charge on any atom is 0.235 e. The Labute approximate surface area is 149 Å². The molecular weight excluding hydrogens is 324 g/mol. The summed E-state index contributed by atoms with van der Waals surface area (Å²) in [5.41, 5.74) is 0.295. The number of rotatable bonds is 5. The third kappa shape index (κ3) is 4.62. The molecule has 1 aliphatic heterocycles. The SMILES string of the molecule is CC(C)[C@@](C)(C#N)NC(=O)CN1CCN(c2cccc(Cl)c2)CC1. The van der Waals surface area contributed by atoms with Crippen molar-refractivity contribution in [2.75, 3.05) is 37.6 Å². The topological polar surface area (TPSA) is 59.4 Å². The zero-order valence-corrected chi connectivity index (χ0v) is 15.3. The molecule has 2 rings (SSSR count). The van der Waals surface area contributed by atoms with Gasteiger partial charge in [0.15, 0.2) is 0 Å². The van der Waals surface area contributed by atoms with Crippen molar-refractivity contribution in [2.45, 2.75) is 26.3 Å². The normalized spacial score (nSPS) is 18.1. The number of hydrogen-bond acceptors (Lipinski definition) is 4. The van der Waals surface area contributed by atoms with Crippen LogP contribution in [0.1, 0.15) is 20.8 Å². The number of hydrogen-bond donors (Lipinski definition) is 1. The van der Waals surface area contributed by atoms with E-state index in [1.807, 2.05) is 32.0 Å². The van der Waals surface area contributed by atoms with Gasteiger partial charge in [0.1, 0.15) is 5.54 Å². The number of benzene rings is 1. The summed E-state index contributed by atoms with van der Waals surface area (Å²) in [5.74, 6) is -0.0323. The molecule has 1 aliphatic rings. The number of nitrogens with one attached hydrogen (secondary N) is 1. The van der Waals surface area contributed by atoms with Gasteiger partial charge < -0.3 is 10.2 Å². The molecule has 1 fully saturated rings. The molecule has 0 radical (unpaired) electrons. The number of amides is 1. The number of nitrogens with zero attached hydrogens (tertiary/aromatic N) is 3. The number of carbonyl (C=O) groups excluding carboxylic acids is 1. The smallest absolute Gasteiger partial charge is 0.235 e. The van der Waals surface area contributed by atoms with Gasteiger partial charge in [-0.2, -0.15) is 5.26 Å². The Morgan fingerprint density at radius 1 is 1.38 bits per heavy atom. The number of carbonyl (C=O) groups is 1. The standard InChI is InChI=1S/C18H25ClN4O/c1-14(2)18(3,13-20)21-17(24)12-22-7-9-23(10-8-22)16-6-4-5-15(19)11-16/h4-6,11,14H,7-10,12H2,1-3H3,(H,21,24)/t18-/m1/s1. The van der Waals surface area contributed by atoms with Crippen LogP contribution in [0.3, 0.4) is 0 Å². The summed E-state index contributed by atoms with van der Waals surface area (Å²) < 4.78 is 0. The average molecular weight is 349 g/mol. The molecule has 1 aromatic rings. The first kappa shape index (κ1) is 18.6. The molecule has 0 spiro atoms. The summed E-state index contributed by atoms with van der Waals surface area (Å²) in [6, 6.07) is 10.0. The van der Waals surface area contributed by atoms with Crippen molar-refractivity contribution in [3.05, 3.63) is 29.3 Å². The lowest BCUT2D eigenvalue weighted by Crippen LogP contribution is -2.54. The van der Waals surface area contributed by atoms with Gasteiger partial charge in [0.2, 0.25) is 5.91 Å². The first-order valence-electron chi connectivity index (χ1n) is 8.29. The first-order chi connectivity index (χ1) is 11.3. The summed E-state index contributed by atoms with van der Waals surface area (Å²) in [6.07, 6.45) is 0. The fourth-order valence-corrected chi connectivity index (χ4v) is 2.86. The summed E-state index contributed by atoms with van der Waals surface area (Å²) in [4.78, 5) is 16.6. The van der Waals surface area contributed by atoms with Gasteiger partial charge in [0.05, 0.1) is 12.6 Å². The molecule has 5 nitrogen and oxygen atoms in total. The third-order valence-corrected chi connectivity index (χ3v) is 4.93. The van der Waals surface area contributed by atoms with Crippen molar-refractivity contribution in [1.82, 2.24) is 10.2 Å². The molecule has 1 N–H and O–H groups in total. The quantitative estimate of drug-likeness (QED) is 0.888. The van der Waals surface area contributed by atoms with Crippen molar-refractivity contribution in [2.24, 2.45) is 5.92 Å². The van der Waals surface area contributed by atoms with Crippen molar-refractivity contribution in [3.63, 3.8) is 0 Å². The van der Waals surface area contributed by atoms with Crippen LogP contribution < -0.4 is 10.2 Å². The van der Waals surface area contributed by atoms with Crippen LogP contribution in [0, 0.1) is 17.2 Å². The second-order valence-electron chi connectivity index (χ2n) is 6.76. The van der Waals surface area contributed by atoms with Crippen LogP contribution in [0.4, 0.5) is 5.69 Å². The van der Waals surface area contributed by atoms with Crippen LogP contribution in [0.15, 0.2) is 24.3 Å². The van der Waals surface area contributed by atoms with Gasteiger partial charge in [-0.05, 0) is 31.0 Å². The highest BCUT2D eigenvalue weighted by Gasteiger charge is 2.30. The number of anilines is 1. The first-order valence-corrected chi connectivity index (χ1v) is 8.67. The van der Waals surface area contributed by atoms with Gasteiger partial charge in [-0.15, -0.1) is 0 Å². The van der Waals surface area contributed by atoms with Gasteiger partial charge >= 0.3 is 0 Å². The van der Waals surface area contributed by atoms with E-state index in [1.54, 1.807) is 6.92 Å². The Hall–Kier alpha value is -1.77. The van der Waals surface area contributed by atoms with Crippen LogP contribution in [-0.2, 0) is 4.79 Å². The largest absolute Gasteiger partial charge is 0.369 e. The molecule has 1 amide bonds. The molecule has 0 aliphatic carbocycles. The molecular formula is C18H25ClN4O. The van der Waals surface area contributed by atoms with Gasteiger partial charge in [-0.25, -0.2) is 0 Å².